The SMILES string of the molecule is CC1CN(Cc2cc(F)cc(Br)c2)CC(CO)O1. The molecule has 2 unspecified atom stereocenters. The number of hydrogen-bond donors (Lipinski definition) is 1. The fraction of sp³-hybridized carbons (Fsp3) is 0.538. The van der Waals surface area contributed by atoms with Crippen LogP contribution in [0.2, 0.25) is 0 Å². The Hall–Kier alpha value is -0.490. The van der Waals surface area contributed by atoms with Gasteiger partial charge in [0.05, 0.1) is 18.8 Å². The Balaban J connectivity index is 2.03. The van der Waals surface area contributed by atoms with Crippen LogP contribution in [0.5, 0.6) is 0 Å². The minimum Gasteiger partial charge on any atom is -0.394 e. The molecule has 1 saturated heterocycles. The Kier molecular flexibility index (Phi) is 4.72. The normalized spacial score (nSPS) is 25.3. The highest BCUT2D eigenvalue weighted by molar-refractivity contribution is 9.10. The summed E-state index contributed by atoms with van der Waals surface area (Å²) in [6.07, 6.45) is -0.0568. The van der Waals surface area contributed by atoms with Gasteiger partial charge in [0.25, 0.3) is 0 Å². The van der Waals surface area contributed by atoms with Gasteiger partial charge in [0, 0.05) is 24.1 Å². The molecule has 0 spiro atoms. The molecule has 100 valence electrons. The van der Waals surface area contributed by atoms with Crippen LogP contribution in [-0.2, 0) is 11.3 Å². The second-order valence-corrected chi connectivity index (χ2v) is 5.64. The molecule has 0 radical (unpaired) electrons. The lowest BCUT2D eigenvalue weighted by Crippen LogP contribution is -2.47. The smallest absolute Gasteiger partial charge is 0.124 e. The lowest BCUT2D eigenvalue weighted by molar-refractivity contribution is -0.0972. The van der Waals surface area contributed by atoms with E-state index in [1.807, 2.05) is 13.0 Å². The van der Waals surface area contributed by atoms with E-state index in [0.717, 1.165) is 16.6 Å². The molecule has 1 heterocycles. The Labute approximate surface area is 115 Å². The lowest BCUT2D eigenvalue weighted by Gasteiger charge is -2.36. The fourth-order valence-electron chi connectivity index (χ4n) is 2.33. The highest BCUT2D eigenvalue weighted by Crippen LogP contribution is 2.18. The number of morpholine rings is 1. The molecule has 0 amide bonds. The first-order valence-corrected chi connectivity index (χ1v) is 6.79. The van der Waals surface area contributed by atoms with Gasteiger partial charge in [0.1, 0.15) is 5.82 Å². The molecule has 0 saturated carbocycles. The summed E-state index contributed by atoms with van der Waals surface area (Å²) in [5, 5.41) is 9.16. The summed E-state index contributed by atoms with van der Waals surface area (Å²) in [5.74, 6) is -0.237. The average Bonchev–Trinajstić information content (AvgIpc) is 2.26. The van der Waals surface area contributed by atoms with Gasteiger partial charge in [-0.1, -0.05) is 15.9 Å². The minimum atomic E-state index is -0.237. The quantitative estimate of drug-likeness (QED) is 0.927. The van der Waals surface area contributed by atoms with Crippen LogP contribution < -0.4 is 0 Å². The molecule has 1 aliphatic rings. The Morgan fingerprint density at radius 1 is 1.44 bits per heavy atom. The highest BCUT2D eigenvalue weighted by atomic mass is 79.9. The minimum absolute atomic E-state index is 0.0215. The molecule has 1 aliphatic heterocycles. The van der Waals surface area contributed by atoms with Gasteiger partial charge >= 0.3 is 0 Å². The second-order valence-electron chi connectivity index (χ2n) is 4.72. The number of halogens is 2. The fourth-order valence-corrected chi connectivity index (χ4v) is 2.84. The first kappa shape index (κ1) is 13.9. The number of aliphatic hydroxyl groups excluding tert-OH is 1. The summed E-state index contributed by atoms with van der Waals surface area (Å²) < 4.78 is 19.6. The molecule has 2 atom stereocenters. The zero-order valence-corrected chi connectivity index (χ0v) is 11.9. The highest BCUT2D eigenvalue weighted by Gasteiger charge is 2.24. The van der Waals surface area contributed by atoms with E-state index in [1.54, 1.807) is 6.07 Å². The topological polar surface area (TPSA) is 32.7 Å². The Morgan fingerprint density at radius 2 is 2.22 bits per heavy atom. The molecule has 0 aliphatic carbocycles. The van der Waals surface area contributed by atoms with Crippen molar-refractivity contribution in [2.24, 2.45) is 0 Å². The van der Waals surface area contributed by atoms with Crippen LogP contribution in [0.15, 0.2) is 22.7 Å². The molecular weight excluding hydrogens is 301 g/mol. The van der Waals surface area contributed by atoms with E-state index in [0.29, 0.717) is 13.1 Å². The first-order chi connectivity index (χ1) is 8.56. The van der Waals surface area contributed by atoms with Gasteiger partial charge in [0.2, 0.25) is 0 Å². The van der Waals surface area contributed by atoms with Crippen molar-refractivity contribution in [2.45, 2.75) is 25.7 Å². The van der Waals surface area contributed by atoms with Gasteiger partial charge in [-0.3, -0.25) is 4.90 Å². The van der Waals surface area contributed by atoms with Gasteiger partial charge in [0.15, 0.2) is 0 Å². The van der Waals surface area contributed by atoms with E-state index >= 15 is 0 Å². The van der Waals surface area contributed by atoms with E-state index in [4.69, 9.17) is 9.84 Å². The Morgan fingerprint density at radius 3 is 2.89 bits per heavy atom. The molecule has 1 aromatic carbocycles. The second kappa shape index (κ2) is 6.10. The van der Waals surface area contributed by atoms with Crippen LogP contribution in [0, 0.1) is 5.82 Å². The van der Waals surface area contributed by atoms with E-state index in [2.05, 4.69) is 20.8 Å². The summed E-state index contributed by atoms with van der Waals surface area (Å²) in [5.41, 5.74) is 0.924. The molecule has 5 heteroatoms. The van der Waals surface area contributed by atoms with E-state index in [9.17, 15) is 4.39 Å². The van der Waals surface area contributed by atoms with Crippen LogP contribution in [0.3, 0.4) is 0 Å². The Bertz CT molecular complexity index is 396. The van der Waals surface area contributed by atoms with Crippen LogP contribution >= 0.6 is 15.9 Å². The molecule has 3 nitrogen and oxygen atoms in total. The number of ether oxygens (including phenoxy) is 1. The lowest BCUT2D eigenvalue weighted by atomic mass is 10.1. The summed E-state index contributed by atoms with van der Waals surface area (Å²) in [6, 6.07) is 4.90. The molecular formula is C13H17BrFNO2. The summed E-state index contributed by atoms with van der Waals surface area (Å²) in [4.78, 5) is 2.18. The number of aliphatic hydroxyl groups is 1. The predicted octanol–water partition coefficient (Wildman–Crippen LogP) is 2.17. The first-order valence-electron chi connectivity index (χ1n) is 6.00. The van der Waals surface area contributed by atoms with E-state index < -0.39 is 0 Å². The van der Waals surface area contributed by atoms with Crippen molar-refractivity contribution in [3.05, 3.63) is 34.1 Å². The van der Waals surface area contributed by atoms with Gasteiger partial charge in [-0.2, -0.15) is 0 Å². The third-order valence-corrected chi connectivity index (χ3v) is 3.39. The third-order valence-electron chi connectivity index (χ3n) is 2.93. The van der Waals surface area contributed by atoms with Crippen molar-refractivity contribution in [3.63, 3.8) is 0 Å². The number of hydrogen-bond acceptors (Lipinski definition) is 3. The van der Waals surface area contributed by atoms with Gasteiger partial charge < -0.3 is 9.84 Å². The molecule has 2 rings (SSSR count). The van der Waals surface area contributed by atoms with Crippen LogP contribution in [0.4, 0.5) is 4.39 Å². The predicted molar refractivity (Wildman–Crippen MR) is 70.8 cm³/mol. The number of rotatable bonds is 3. The van der Waals surface area contributed by atoms with Crippen molar-refractivity contribution in [1.29, 1.82) is 0 Å². The van der Waals surface area contributed by atoms with Crippen molar-refractivity contribution in [2.75, 3.05) is 19.7 Å². The maximum atomic E-state index is 13.3. The zero-order valence-electron chi connectivity index (χ0n) is 10.3. The molecule has 1 N–H and O–H groups in total. The maximum absolute atomic E-state index is 13.3. The van der Waals surface area contributed by atoms with Crippen LogP contribution in [-0.4, -0.2) is 41.9 Å². The van der Waals surface area contributed by atoms with Gasteiger partial charge in [-0.25, -0.2) is 4.39 Å². The monoisotopic (exact) mass is 317 g/mol. The van der Waals surface area contributed by atoms with Gasteiger partial charge in [-0.05, 0) is 30.7 Å². The molecule has 1 fully saturated rings. The summed E-state index contributed by atoms with van der Waals surface area (Å²) in [6.45, 7) is 4.14. The molecule has 1 aromatic rings. The van der Waals surface area contributed by atoms with Crippen molar-refractivity contribution in [3.8, 4) is 0 Å². The molecule has 0 bridgehead atoms. The molecule has 0 aromatic heterocycles. The number of benzene rings is 1. The largest absolute Gasteiger partial charge is 0.394 e. The zero-order chi connectivity index (χ0) is 13.1. The van der Waals surface area contributed by atoms with E-state index in [-0.39, 0.29) is 24.6 Å². The van der Waals surface area contributed by atoms with Crippen molar-refractivity contribution >= 4 is 15.9 Å². The molecule has 18 heavy (non-hydrogen) atoms. The van der Waals surface area contributed by atoms with Crippen LogP contribution in [0.1, 0.15) is 12.5 Å². The average molecular weight is 318 g/mol. The standard InChI is InChI=1S/C13H17BrFNO2/c1-9-5-16(7-13(8-17)18-9)6-10-2-11(14)4-12(15)3-10/h2-4,9,13,17H,5-8H2,1H3. The van der Waals surface area contributed by atoms with Crippen molar-refractivity contribution < 1.29 is 14.2 Å². The number of nitrogens with zero attached hydrogens (tertiary/aromatic N) is 1. The van der Waals surface area contributed by atoms with E-state index in [1.165, 1.54) is 6.07 Å². The maximum Gasteiger partial charge on any atom is 0.124 e. The summed E-state index contributed by atoms with van der Waals surface area (Å²) >= 11 is 3.29. The third kappa shape index (κ3) is 3.75. The van der Waals surface area contributed by atoms with Crippen LogP contribution in [0.25, 0.3) is 0 Å². The summed E-state index contributed by atoms with van der Waals surface area (Å²) in [7, 11) is 0. The van der Waals surface area contributed by atoms with Gasteiger partial charge in [-0.15, -0.1) is 0 Å². The van der Waals surface area contributed by atoms with Crippen molar-refractivity contribution in [1.82, 2.24) is 4.90 Å².